The summed E-state index contributed by atoms with van der Waals surface area (Å²) in [6.07, 6.45) is 2.50. The van der Waals surface area contributed by atoms with E-state index < -0.39 is 15.5 Å². The maximum Gasteiger partial charge on any atom is 0.267 e. The molecule has 0 unspecified atom stereocenters. The molecule has 8 heteroatoms. The lowest BCUT2D eigenvalue weighted by Gasteiger charge is -2.09. The molecule has 0 aliphatic carbocycles. The molecule has 1 aromatic carbocycles. The number of methoxy groups -OCH3 is 1. The average Bonchev–Trinajstić information content (AvgIpc) is 2.41. The molecule has 0 amide bonds. The van der Waals surface area contributed by atoms with Crippen molar-refractivity contribution in [1.29, 1.82) is 0 Å². The number of H-pyrrole nitrogens is 1. The van der Waals surface area contributed by atoms with Gasteiger partial charge in [-0.05, 0) is 28.1 Å². The number of sulfonamides is 1. The Balaban J connectivity index is 2.39. The van der Waals surface area contributed by atoms with Crippen LogP contribution in [0.3, 0.4) is 0 Å². The lowest BCUT2D eigenvalue weighted by Crippen LogP contribution is -2.20. The number of benzene rings is 1. The summed E-state index contributed by atoms with van der Waals surface area (Å²) in [5.41, 5.74) is -0.284. The molecular formula is C12H11BrN2O4S. The molecule has 0 saturated heterocycles. The van der Waals surface area contributed by atoms with Crippen molar-refractivity contribution < 1.29 is 13.2 Å². The van der Waals surface area contributed by atoms with Crippen LogP contribution in [0.5, 0.6) is 5.75 Å². The summed E-state index contributed by atoms with van der Waals surface area (Å²) in [4.78, 5) is 13.8. The Labute approximate surface area is 124 Å². The first kappa shape index (κ1) is 14.6. The summed E-state index contributed by atoms with van der Waals surface area (Å²) < 4.78 is 32.4. The second kappa shape index (κ2) is 5.68. The molecule has 0 bridgehead atoms. The number of halogens is 1. The van der Waals surface area contributed by atoms with Gasteiger partial charge in [-0.2, -0.15) is 0 Å². The van der Waals surface area contributed by atoms with Crippen molar-refractivity contribution >= 4 is 31.6 Å². The van der Waals surface area contributed by atoms with Gasteiger partial charge in [0.05, 0.1) is 17.3 Å². The zero-order chi connectivity index (χ0) is 14.8. The Morgan fingerprint density at radius 3 is 2.70 bits per heavy atom. The highest BCUT2D eigenvalue weighted by atomic mass is 79.9. The summed E-state index contributed by atoms with van der Waals surface area (Å²) in [5, 5.41) is 0. The fourth-order valence-corrected chi connectivity index (χ4v) is 3.06. The van der Waals surface area contributed by atoms with E-state index >= 15 is 0 Å². The maximum atomic E-state index is 12.1. The van der Waals surface area contributed by atoms with Crippen molar-refractivity contribution in [3.8, 4) is 5.75 Å². The summed E-state index contributed by atoms with van der Waals surface area (Å²) in [5.74, 6) is 0.479. The third kappa shape index (κ3) is 3.02. The van der Waals surface area contributed by atoms with E-state index in [1.807, 2.05) is 0 Å². The number of aromatic amines is 1. The molecule has 0 aliphatic rings. The fourth-order valence-electron chi connectivity index (χ4n) is 1.54. The third-order valence-corrected chi connectivity index (χ3v) is 4.54. The first-order valence-electron chi connectivity index (χ1n) is 5.47. The predicted molar refractivity (Wildman–Crippen MR) is 78.6 cm³/mol. The smallest absolute Gasteiger partial charge is 0.267 e. The first-order valence-corrected chi connectivity index (χ1v) is 7.75. The fraction of sp³-hybridized carbons (Fsp3) is 0.0833. The standard InChI is InChI=1S/C12H11BrN2O4S/c1-19-11-6-8(2-3-9(11)13)15-20(17,18)12-7-14-5-4-10(12)16/h2-7,15H,1H3,(H,14,16). The van der Waals surface area contributed by atoms with E-state index in [1.54, 1.807) is 12.1 Å². The van der Waals surface area contributed by atoms with E-state index in [4.69, 9.17) is 4.74 Å². The Bertz CT molecular complexity index is 786. The Hall–Kier alpha value is -1.80. The van der Waals surface area contributed by atoms with Gasteiger partial charge in [-0.25, -0.2) is 8.42 Å². The minimum atomic E-state index is -3.95. The highest BCUT2D eigenvalue weighted by Gasteiger charge is 2.18. The molecule has 106 valence electrons. The molecule has 20 heavy (non-hydrogen) atoms. The summed E-state index contributed by atoms with van der Waals surface area (Å²) in [6.45, 7) is 0. The minimum absolute atomic E-state index is 0.299. The largest absolute Gasteiger partial charge is 0.495 e. The molecular weight excluding hydrogens is 348 g/mol. The monoisotopic (exact) mass is 358 g/mol. The molecule has 2 aromatic rings. The number of hydrogen-bond acceptors (Lipinski definition) is 4. The van der Waals surface area contributed by atoms with Crippen LogP contribution in [0.2, 0.25) is 0 Å². The van der Waals surface area contributed by atoms with Gasteiger partial charge in [-0.15, -0.1) is 0 Å². The Kier molecular flexibility index (Phi) is 4.15. The summed E-state index contributed by atoms with van der Waals surface area (Å²) >= 11 is 3.27. The highest BCUT2D eigenvalue weighted by molar-refractivity contribution is 9.10. The van der Waals surface area contributed by atoms with Gasteiger partial charge in [0.2, 0.25) is 5.43 Å². The quantitative estimate of drug-likeness (QED) is 0.873. The minimum Gasteiger partial charge on any atom is -0.495 e. The summed E-state index contributed by atoms with van der Waals surface area (Å²) in [6, 6.07) is 5.86. The number of rotatable bonds is 4. The lowest BCUT2D eigenvalue weighted by molar-refractivity contribution is 0.412. The van der Waals surface area contributed by atoms with Gasteiger partial charge < -0.3 is 9.72 Å². The number of anilines is 1. The van der Waals surface area contributed by atoms with E-state index in [0.29, 0.717) is 15.9 Å². The van der Waals surface area contributed by atoms with Crippen molar-refractivity contribution in [1.82, 2.24) is 4.98 Å². The summed E-state index contributed by atoms with van der Waals surface area (Å²) in [7, 11) is -2.47. The van der Waals surface area contributed by atoms with Crippen LogP contribution in [0.4, 0.5) is 5.69 Å². The van der Waals surface area contributed by atoms with Crippen LogP contribution < -0.4 is 14.9 Å². The first-order chi connectivity index (χ1) is 9.44. The molecule has 0 saturated carbocycles. The van der Waals surface area contributed by atoms with E-state index in [0.717, 1.165) is 12.3 Å². The van der Waals surface area contributed by atoms with Crippen LogP contribution in [0.15, 0.2) is 50.8 Å². The molecule has 0 fully saturated rings. The zero-order valence-corrected chi connectivity index (χ0v) is 12.8. The number of pyridine rings is 1. The maximum absolute atomic E-state index is 12.1. The van der Waals surface area contributed by atoms with Gasteiger partial charge in [0, 0.05) is 24.5 Å². The van der Waals surface area contributed by atoms with E-state index in [1.165, 1.54) is 19.4 Å². The van der Waals surface area contributed by atoms with E-state index in [-0.39, 0.29) is 4.90 Å². The predicted octanol–water partition coefficient (Wildman–Crippen LogP) is 1.95. The molecule has 2 rings (SSSR count). The highest BCUT2D eigenvalue weighted by Crippen LogP contribution is 2.28. The van der Waals surface area contributed by atoms with Crippen LogP contribution in [0.25, 0.3) is 0 Å². The third-order valence-electron chi connectivity index (χ3n) is 2.48. The number of nitrogens with one attached hydrogen (secondary N) is 2. The molecule has 0 radical (unpaired) electrons. The molecule has 6 nitrogen and oxygen atoms in total. The van der Waals surface area contributed by atoms with Crippen LogP contribution in [-0.4, -0.2) is 20.5 Å². The second-order valence-electron chi connectivity index (χ2n) is 3.83. The van der Waals surface area contributed by atoms with Crippen molar-refractivity contribution in [2.75, 3.05) is 11.8 Å². The average molecular weight is 359 g/mol. The van der Waals surface area contributed by atoms with Crippen molar-refractivity contribution in [3.05, 3.63) is 51.4 Å². The van der Waals surface area contributed by atoms with Gasteiger partial charge in [0.25, 0.3) is 10.0 Å². The van der Waals surface area contributed by atoms with Crippen LogP contribution in [0.1, 0.15) is 0 Å². The number of aromatic nitrogens is 1. The Morgan fingerprint density at radius 1 is 1.30 bits per heavy atom. The number of hydrogen-bond donors (Lipinski definition) is 2. The van der Waals surface area contributed by atoms with Crippen molar-refractivity contribution in [3.63, 3.8) is 0 Å². The molecule has 1 aromatic heterocycles. The van der Waals surface area contributed by atoms with Gasteiger partial charge in [-0.3, -0.25) is 9.52 Å². The molecule has 2 N–H and O–H groups in total. The Morgan fingerprint density at radius 2 is 2.05 bits per heavy atom. The molecule has 0 spiro atoms. The van der Waals surface area contributed by atoms with Crippen LogP contribution in [-0.2, 0) is 10.0 Å². The zero-order valence-electron chi connectivity index (χ0n) is 10.4. The molecule has 0 atom stereocenters. The molecule has 1 heterocycles. The van der Waals surface area contributed by atoms with Gasteiger partial charge in [0.1, 0.15) is 5.75 Å². The van der Waals surface area contributed by atoms with Gasteiger partial charge in [-0.1, -0.05) is 0 Å². The van der Waals surface area contributed by atoms with E-state index in [2.05, 4.69) is 25.6 Å². The van der Waals surface area contributed by atoms with Crippen molar-refractivity contribution in [2.45, 2.75) is 4.90 Å². The lowest BCUT2D eigenvalue weighted by atomic mass is 10.3. The van der Waals surface area contributed by atoms with Crippen molar-refractivity contribution in [2.24, 2.45) is 0 Å². The second-order valence-corrected chi connectivity index (χ2v) is 6.33. The number of ether oxygens (including phenoxy) is 1. The molecule has 0 aliphatic heterocycles. The van der Waals surface area contributed by atoms with Gasteiger partial charge in [0.15, 0.2) is 4.90 Å². The SMILES string of the molecule is COc1cc(NS(=O)(=O)c2c[nH]ccc2=O)ccc1Br. The van der Waals surface area contributed by atoms with Crippen LogP contribution in [0, 0.1) is 0 Å². The van der Waals surface area contributed by atoms with Gasteiger partial charge >= 0.3 is 0 Å². The topological polar surface area (TPSA) is 88.3 Å². The van der Waals surface area contributed by atoms with E-state index in [9.17, 15) is 13.2 Å². The van der Waals surface area contributed by atoms with Crippen LogP contribution >= 0.6 is 15.9 Å². The normalized spacial score (nSPS) is 11.1.